The van der Waals surface area contributed by atoms with Crippen LogP contribution >= 0.6 is 11.6 Å². The minimum atomic E-state index is -4.84. The number of ketones is 1. The zero-order valence-corrected chi connectivity index (χ0v) is 18.8. The molecule has 5 aromatic rings. The van der Waals surface area contributed by atoms with Crippen LogP contribution in [0.4, 0.5) is 13.2 Å². The van der Waals surface area contributed by atoms with Gasteiger partial charge in [-0.25, -0.2) is 9.97 Å². The quantitative estimate of drug-likeness (QED) is 0.288. The monoisotopic (exact) mass is 497 g/mol. The predicted molar refractivity (Wildman–Crippen MR) is 121 cm³/mol. The van der Waals surface area contributed by atoms with Crippen molar-refractivity contribution in [2.75, 3.05) is 0 Å². The molecule has 0 aliphatic heterocycles. The van der Waals surface area contributed by atoms with Crippen molar-refractivity contribution in [3.63, 3.8) is 0 Å². The van der Waals surface area contributed by atoms with Gasteiger partial charge >= 0.3 is 6.18 Å². The highest BCUT2D eigenvalue weighted by Gasteiger charge is 2.42. The van der Waals surface area contributed by atoms with Crippen molar-refractivity contribution in [1.29, 1.82) is 0 Å². The fourth-order valence-electron chi connectivity index (χ4n) is 3.88. The van der Waals surface area contributed by atoms with Crippen LogP contribution in [-0.4, -0.2) is 30.5 Å². The van der Waals surface area contributed by atoms with Crippen molar-refractivity contribution >= 4 is 28.3 Å². The number of rotatable bonds is 5. The van der Waals surface area contributed by atoms with E-state index in [1.165, 1.54) is 18.6 Å². The van der Waals surface area contributed by atoms with Gasteiger partial charge in [-0.15, -0.1) is 0 Å². The van der Waals surface area contributed by atoms with Crippen LogP contribution in [0.15, 0.2) is 65.6 Å². The van der Waals surface area contributed by atoms with Crippen LogP contribution in [0.25, 0.3) is 22.5 Å². The number of hydrogen-bond donors (Lipinski definition) is 0. The van der Waals surface area contributed by atoms with Crippen molar-refractivity contribution < 1.29 is 22.5 Å². The highest BCUT2D eigenvalue weighted by Crippen LogP contribution is 2.40. The molecule has 0 radical (unpaired) electrons. The van der Waals surface area contributed by atoms with Gasteiger partial charge in [-0.1, -0.05) is 40.5 Å². The van der Waals surface area contributed by atoms with Crippen molar-refractivity contribution in [2.45, 2.75) is 19.6 Å². The standard InChI is InChI=1S/C24H15ClF3N5O2/c1-13-2-7-18-16(10-13)19(20(34)22-31-23(35-32-22)17-8-9-29-12-30-17)21(24(26,27)28)33(18)11-14-3-5-15(25)6-4-14/h2-10,12H,11H2,1H3. The summed E-state index contributed by atoms with van der Waals surface area (Å²) in [6.07, 6.45) is -2.16. The molecule has 0 bridgehead atoms. The average molecular weight is 498 g/mol. The number of aromatic nitrogens is 5. The molecule has 0 spiro atoms. The summed E-state index contributed by atoms with van der Waals surface area (Å²) in [4.78, 5) is 25.2. The molecule has 3 aromatic heterocycles. The maximum Gasteiger partial charge on any atom is 0.432 e. The summed E-state index contributed by atoms with van der Waals surface area (Å²) in [5.74, 6) is -1.62. The van der Waals surface area contributed by atoms with E-state index in [1.807, 2.05) is 0 Å². The van der Waals surface area contributed by atoms with Gasteiger partial charge in [0.2, 0.25) is 11.6 Å². The molecule has 5 rings (SSSR count). The fraction of sp³-hybridized carbons (Fsp3) is 0.125. The van der Waals surface area contributed by atoms with E-state index in [2.05, 4.69) is 20.1 Å². The zero-order valence-electron chi connectivity index (χ0n) is 18.0. The van der Waals surface area contributed by atoms with Gasteiger partial charge in [0.15, 0.2) is 0 Å². The minimum Gasteiger partial charge on any atom is -0.332 e. The van der Waals surface area contributed by atoms with E-state index in [1.54, 1.807) is 49.4 Å². The van der Waals surface area contributed by atoms with E-state index >= 15 is 0 Å². The molecular weight excluding hydrogens is 483 g/mol. The average Bonchev–Trinajstić information content (AvgIpc) is 3.44. The highest BCUT2D eigenvalue weighted by molar-refractivity contribution is 6.30. The first-order valence-electron chi connectivity index (χ1n) is 10.3. The summed E-state index contributed by atoms with van der Waals surface area (Å²) in [5, 5.41) is 4.24. The molecule has 3 heterocycles. The van der Waals surface area contributed by atoms with Crippen LogP contribution < -0.4 is 0 Å². The van der Waals surface area contributed by atoms with E-state index in [4.69, 9.17) is 16.1 Å². The summed E-state index contributed by atoms with van der Waals surface area (Å²) >= 11 is 5.93. The van der Waals surface area contributed by atoms with E-state index < -0.39 is 29.0 Å². The van der Waals surface area contributed by atoms with Gasteiger partial charge in [-0.05, 0) is 42.8 Å². The van der Waals surface area contributed by atoms with E-state index in [9.17, 15) is 18.0 Å². The number of carbonyl (C=O) groups is 1. The second-order valence-corrected chi connectivity index (χ2v) is 8.24. The first kappa shape index (κ1) is 22.7. The largest absolute Gasteiger partial charge is 0.432 e. The van der Waals surface area contributed by atoms with Gasteiger partial charge < -0.3 is 9.09 Å². The highest BCUT2D eigenvalue weighted by atomic mass is 35.5. The molecule has 0 atom stereocenters. The number of hydrogen-bond acceptors (Lipinski definition) is 6. The predicted octanol–water partition coefficient (Wildman–Crippen LogP) is 5.74. The topological polar surface area (TPSA) is 86.7 Å². The summed E-state index contributed by atoms with van der Waals surface area (Å²) in [6.45, 7) is 1.61. The molecule has 0 amide bonds. The second-order valence-electron chi connectivity index (χ2n) is 7.80. The van der Waals surface area contributed by atoms with Crippen LogP contribution in [-0.2, 0) is 12.7 Å². The van der Waals surface area contributed by atoms with E-state index in [-0.39, 0.29) is 29.0 Å². The molecule has 11 heteroatoms. The summed E-state index contributed by atoms with van der Waals surface area (Å²) in [5.41, 5.74) is 0.136. The Balaban J connectivity index is 1.70. The van der Waals surface area contributed by atoms with Crippen molar-refractivity contribution in [3.05, 3.63) is 94.3 Å². The molecule has 0 unspecified atom stereocenters. The molecule has 0 saturated heterocycles. The Morgan fingerprint density at radius 2 is 1.89 bits per heavy atom. The minimum absolute atomic E-state index is 0.106. The number of nitrogens with zero attached hydrogens (tertiary/aromatic N) is 5. The lowest BCUT2D eigenvalue weighted by molar-refractivity contribution is -0.143. The molecule has 2 aromatic carbocycles. The van der Waals surface area contributed by atoms with Gasteiger partial charge in [-0.2, -0.15) is 18.2 Å². The van der Waals surface area contributed by atoms with Crippen LogP contribution in [0.2, 0.25) is 5.02 Å². The number of halogens is 4. The van der Waals surface area contributed by atoms with Gasteiger partial charge in [0, 0.05) is 28.7 Å². The lowest BCUT2D eigenvalue weighted by Crippen LogP contribution is -2.19. The number of aryl methyl sites for hydroxylation is 1. The molecule has 0 saturated carbocycles. The molecule has 0 aliphatic rings. The van der Waals surface area contributed by atoms with E-state index in [0.717, 1.165) is 4.57 Å². The number of benzene rings is 2. The summed E-state index contributed by atoms with van der Waals surface area (Å²) in [7, 11) is 0. The normalized spacial score (nSPS) is 11.8. The van der Waals surface area contributed by atoms with Crippen molar-refractivity contribution in [1.82, 2.24) is 24.7 Å². The van der Waals surface area contributed by atoms with Crippen LogP contribution in [0.5, 0.6) is 0 Å². The Hall–Kier alpha value is -4.05. The smallest absolute Gasteiger partial charge is 0.332 e. The summed E-state index contributed by atoms with van der Waals surface area (Å²) < 4.78 is 49.6. The molecule has 0 aliphatic carbocycles. The molecule has 0 fully saturated rings. The number of fused-ring (bicyclic) bond motifs is 1. The Bertz CT molecular complexity index is 1540. The van der Waals surface area contributed by atoms with Crippen molar-refractivity contribution in [2.24, 2.45) is 0 Å². The molecule has 7 nitrogen and oxygen atoms in total. The van der Waals surface area contributed by atoms with Crippen LogP contribution in [0, 0.1) is 6.92 Å². The third-order valence-electron chi connectivity index (χ3n) is 5.40. The SMILES string of the molecule is Cc1ccc2c(c1)c(C(=O)c1noc(-c3ccncn3)n1)c(C(F)(F)F)n2Cc1ccc(Cl)cc1. The Morgan fingerprint density at radius 3 is 2.57 bits per heavy atom. The molecule has 35 heavy (non-hydrogen) atoms. The first-order chi connectivity index (χ1) is 16.7. The van der Waals surface area contributed by atoms with Gasteiger partial charge in [-0.3, -0.25) is 4.79 Å². The Kier molecular flexibility index (Phi) is 5.60. The maximum absolute atomic E-state index is 14.5. The zero-order chi connectivity index (χ0) is 24.7. The van der Waals surface area contributed by atoms with Gasteiger partial charge in [0.05, 0.1) is 5.56 Å². The Labute approximate surface area is 201 Å². The van der Waals surface area contributed by atoms with Gasteiger partial charge in [0.1, 0.15) is 17.7 Å². The summed E-state index contributed by atoms with van der Waals surface area (Å²) in [6, 6.07) is 12.7. The van der Waals surface area contributed by atoms with Gasteiger partial charge in [0.25, 0.3) is 5.89 Å². The van der Waals surface area contributed by atoms with Crippen molar-refractivity contribution in [3.8, 4) is 11.6 Å². The molecule has 176 valence electrons. The lowest BCUT2D eigenvalue weighted by Gasteiger charge is -2.14. The maximum atomic E-state index is 14.5. The second kappa shape index (κ2) is 8.62. The first-order valence-corrected chi connectivity index (χ1v) is 10.7. The Morgan fingerprint density at radius 1 is 1.11 bits per heavy atom. The molecule has 0 N–H and O–H groups in total. The van der Waals surface area contributed by atoms with Crippen LogP contribution in [0.3, 0.4) is 0 Å². The third-order valence-corrected chi connectivity index (χ3v) is 5.65. The third kappa shape index (κ3) is 4.28. The number of alkyl halides is 3. The van der Waals surface area contributed by atoms with E-state index in [0.29, 0.717) is 16.1 Å². The fourth-order valence-corrected chi connectivity index (χ4v) is 4.00. The van der Waals surface area contributed by atoms with Crippen LogP contribution in [0.1, 0.15) is 33.0 Å². The lowest BCUT2D eigenvalue weighted by atomic mass is 10.0. The molecular formula is C24H15ClF3N5O2. The number of carbonyl (C=O) groups excluding carboxylic acids is 1.